The summed E-state index contributed by atoms with van der Waals surface area (Å²) < 4.78 is 32.8. The third-order valence-corrected chi connectivity index (χ3v) is 4.62. The van der Waals surface area contributed by atoms with E-state index < -0.39 is 10.0 Å². The van der Waals surface area contributed by atoms with Crippen molar-refractivity contribution in [3.8, 4) is 5.75 Å². The first-order valence-electron chi connectivity index (χ1n) is 7.46. The van der Waals surface area contributed by atoms with Gasteiger partial charge in [0.1, 0.15) is 5.75 Å². The molecule has 0 aliphatic rings. The minimum absolute atomic E-state index is 0.128. The molecule has 128 valence electrons. The number of amides is 1. The maximum atomic E-state index is 12.5. The lowest BCUT2D eigenvalue weighted by molar-refractivity contribution is -0.114. The molecule has 2 rings (SSSR count). The van der Waals surface area contributed by atoms with E-state index in [-0.39, 0.29) is 10.8 Å². The maximum Gasteiger partial charge on any atom is 0.261 e. The van der Waals surface area contributed by atoms with Crippen LogP contribution in [0.1, 0.15) is 19.4 Å². The molecule has 0 radical (unpaired) electrons. The van der Waals surface area contributed by atoms with Crippen LogP contribution in [-0.2, 0) is 14.8 Å². The predicted octanol–water partition coefficient (Wildman–Crippen LogP) is 3.15. The number of carbonyl (C=O) groups is 1. The number of sulfonamides is 1. The highest BCUT2D eigenvalue weighted by Gasteiger charge is 2.15. The third kappa shape index (κ3) is 4.48. The molecule has 0 saturated heterocycles. The summed E-state index contributed by atoms with van der Waals surface area (Å²) in [5, 5.41) is 2.65. The van der Waals surface area contributed by atoms with Crippen molar-refractivity contribution in [2.45, 2.75) is 25.7 Å². The summed E-state index contributed by atoms with van der Waals surface area (Å²) >= 11 is 0. The van der Waals surface area contributed by atoms with Crippen molar-refractivity contribution in [3.63, 3.8) is 0 Å². The summed E-state index contributed by atoms with van der Waals surface area (Å²) in [5.74, 6) is 0.470. The van der Waals surface area contributed by atoms with E-state index in [1.165, 1.54) is 19.1 Å². The number of hydrogen-bond acceptors (Lipinski definition) is 4. The fourth-order valence-electron chi connectivity index (χ4n) is 2.13. The standard InChI is InChI=1S/C17H20N2O4S/c1-4-23-15-7-5-14(6-8-15)19-24(21,22)16-9-10-17(12(2)11-16)18-13(3)20/h5-11,19H,4H2,1-3H3,(H,18,20). The summed E-state index contributed by atoms with van der Waals surface area (Å²) in [6, 6.07) is 11.2. The van der Waals surface area contributed by atoms with Gasteiger partial charge in [0.25, 0.3) is 10.0 Å². The van der Waals surface area contributed by atoms with Crippen LogP contribution in [0.3, 0.4) is 0 Å². The lowest BCUT2D eigenvalue weighted by atomic mass is 10.2. The van der Waals surface area contributed by atoms with E-state index in [9.17, 15) is 13.2 Å². The Balaban J connectivity index is 2.20. The summed E-state index contributed by atoms with van der Waals surface area (Å²) in [4.78, 5) is 11.2. The molecule has 0 heterocycles. The van der Waals surface area contributed by atoms with Crippen LogP contribution in [0.2, 0.25) is 0 Å². The Labute approximate surface area is 141 Å². The number of hydrogen-bond donors (Lipinski definition) is 2. The van der Waals surface area contributed by atoms with Gasteiger partial charge in [0.15, 0.2) is 0 Å². The van der Waals surface area contributed by atoms with Crippen molar-refractivity contribution in [1.82, 2.24) is 0 Å². The molecule has 6 nitrogen and oxygen atoms in total. The molecule has 0 unspecified atom stereocenters. The average molecular weight is 348 g/mol. The van der Waals surface area contributed by atoms with Crippen LogP contribution < -0.4 is 14.8 Å². The SMILES string of the molecule is CCOc1ccc(NS(=O)(=O)c2ccc(NC(C)=O)c(C)c2)cc1. The summed E-state index contributed by atoms with van der Waals surface area (Å²) in [6.07, 6.45) is 0. The topological polar surface area (TPSA) is 84.5 Å². The average Bonchev–Trinajstić information content (AvgIpc) is 2.51. The van der Waals surface area contributed by atoms with Crippen LogP contribution in [0.25, 0.3) is 0 Å². The van der Waals surface area contributed by atoms with Gasteiger partial charge in [-0.15, -0.1) is 0 Å². The van der Waals surface area contributed by atoms with E-state index in [4.69, 9.17) is 4.74 Å². The zero-order chi connectivity index (χ0) is 17.7. The van der Waals surface area contributed by atoms with Gasteiger partial charge < -0.3 is 10.1 Å². The molecular weight excluding hydrogens is 328 g/mol. The highest BCUT2D eigenvalue weighted by Crippen LogP contribution is 2.23. The van der Waals surface area contributed by atoms with Gasteiger partial charge in [0.2, 0.25) is 5.91 Å². The Morgan fingerprint density at radius 3 is 2.33 bits per heavy atom. The summed E-state index contributed by atoms with van der Waals surface area (Å²) in [7, 11) is -3.71. The quantitative estimate of drug-likeness (QED) is 0.840. The normalized spacial score (nSPS) is 11.0. The highest BCUT2D eigenvalue weighted by molar-refractivity contribution is 7.92. The van der Waals surface area contributed by atoms with Gasteiger partial charge in [-0.05, 0) is 61.9 Å². The van der Waals surface area contributed by atoms with Gasteiger partial charge >= 0.3 is 0 Å². The van der Waals surface area contributed by atoms with E-state index in [0.717, 1.165) is 0 Å². The van der Waals surface area contributed by atoms with Crippen molar-refractivity contribution in [1.29, 1.82) is 0 Å². The first kappa shape index (κ1) is 17.8. The van der Waals surface area contributed by atoms with Gasteiger partial charge in [0.05, 0.1) is 11.5 Å². The Morgan fingerprint density at radius 2 is 1.79 bits per heavy atom. The smallest absolute Gasteiger partial charge is 0.261 e. The molecule has 1 amide bonds. The van der Waals surface area contributed by atoms with Crippen LogP contribution in [0.5, 0.6) is 5.75 Å². The Kier molecular flexibility index (Phi) is 5.46. The van der Waals surface area contributed by atoms with Crippen molar-refractivity contribution < 1.29 is 17.9 Å². The lowest BCUT2D eigenvalue weighted by Gasteiger charge is -2.12. The van der Waals surface area contributed by atoms with E-state index in [0.29, 0.717) is 29.3 Å². The molecule has 0 spiro atoms. The number of aryl methyl sites for hydroxylation is 1. The van der Waals surface area contributed by atoms with Crippen molar-refractivity contribution in [2.75, 3.05) is 16.6 Å². The monoisotopic (exact) mass is 348 g/mol. The first-order chi connectivity index (χ1) is 11.3. The van der Waals surface area contributed by atoms with Gasteiger partial charge in [-0.2, -0.15) is 0 Å². The molecule has 0 bridgehead atoms. The van der Waals surface area contributed by atoms with Crippen LogP contribution in [-0.4, -0.2) is 20.9 Å². The zero-order valence-electron chi connectivity index (χ0n) is 13.8. The van der Waals surface area contributed by atoms with Crippen molar-refractivity contribution in [2.24, 2.45) is 0 Å². The fraction of sp³-hybridized carbons (Fsp3) is 0.235. The van der Waals surface area contributed by atoms with Crippen LogP contribution in [0.15, 0.2) is 47.4 Å². The second-order valence-corrected chi connectivity index (χ2v) is 6.90. The minimum Gasteiger partial charge on any atom is -0.494 e. The Morgan fingerprint density at radius 1 is 1.12 bits per heavy atom. The molecule has 0 aliphatic heterocycles. The van der Waals surface area contributed by atoms with Crippen LogP contribution in [0, 0.1) is 6.92 Å². The Bertz CT molecular complexity index is 830. The largest absolute Gasteiger partial charge is 0.494 e. The number of nitrogens with one attached hydrogen (secondary N) is 2. The predicted molar refractivity (Wildman–Crippen MR) is 93.9 cm³/mol. The summed E-state index contributed by atoms with van der Waals surface area (Å²) in [5.41, 5.74) is 1.70. The first-order valence-corrected chi connectivity index (χ1v) is 8.94. The highest BCUT2D eigenvalue weighted by atomic mass is 32.2. The minimum atomic E-state index is -3.71. The van der Waals surface area contributed by atoms with Crippen LogP contribution in [0.4, 0.5) is 11.4 Å². The fourth-order valence-corrected chi connectivity index (χ4v) is 3.28. The number of benzene rings is 2. The maximum absolute atomic E-state index is 12.5. The van der Waals surface area contributed by atoms with Gasteiger partial charge in [-0.25, -0.2) is 8.42 Å². The van der Waals surface area contributed by atoms with Crippen molar-refractivity contribution in [3.05, 3.63) is 48.0 Å². The van der Waals surface area contributed by atoms with E-state index in [1.54, 1.807) is 37.3 Å². The third-order valence-electron chi connectivity index (χ3n) is 3.24. The molecule has 2 aromatic carbocycles. The molecular formula is C17H20N2O4S. The number of carbonyl (C=O) groups excluding carboxylic acids is 1. The van der Waals surface area contributed by atoms with Crippen LogP contribution >= 0.6 is 0 Å². The second kappa shape index (κ2) is 7.35. The molecule has 7 heteroatoms. The van der Waals surface area contributed by atoms with Gasteiger partial charge in [-0.1, -0.05) is 0 Å². The molecule has 24 heavy (non-hydrogen) atoms. The molecule has 0 fully saturated rings. The number of rotatable bonds is 6. The zero-order valence-corrected chi connectivity index (χ0v) is 14.6. The summed E-state index contributed by atoms with van der Waals surface area (Å²) in [6.45, 7) is 5.56. The molecule has 0 aliphatic carbocycles. The van der Waals surface area contributed by atoms with E-state index >= 15 is 0 Å². The molecule has 2 N–H and O–H groups in total. The van der Waals surface area contributed by atoms with E-state index in [1.807, 2.05) is 6.92 Å². The Hall–Kier alpha value is -2.54. The number of anilines is 2. The molecule has 2 aromatic rings. The van der Waals surface area contributed by atoms with E-state index in [2.05, 4.69) is 10.0 Å². The molecule has 0 aromatic heterocycles. The lowest BCUT2D eigenvalue weighted by Crippen LogP contribution is -2.14. The second-order valence-electron chi connectivity index (χ2n) is 5.22. The molecule has 0 saturated carbocycles. The molecule has 0 atom stereocenters. The van der Waals surface area contributed by atoms with Gasteiger partial charge in [0, 0.05) is 18.3 Å². The van der Waals surface area contributed by atoms with Gasteiger partial charge in [-0.3, -0.25) is 9.52 Å². The van der Waals surface area contributed by atoms with Crippen molar-refractivity contribution >= 4 is 27.3 Å². The number of ether oxygens (including phenoxy) is 1.